The molecule has 0 spiro atoms. The van der Waals surface area contributed by atoms with E-state index in [1.54, 1.807) is 18.2 Å². The van der Waals surface area contributed by atoms with E-state index in [9.17, 15) is 4.79 Å². The van der Waals surface area contributed by atoms with Crippen molar-refractivity contribution < 1.29 is 9.53 Å². The number of hydrogen-bond acceptors (Lipinski definition) is 3. The van der Waals surface area contributed by atoms with Crippen LogP contribution in [0.3, 0.4) is 0 Å². The molecule has 21 heavy (non-hydrogen) atoms. The minimum absolute atomic E-state index is 0. The van der Waals surface area contributed by atoms with Gasteiger partial charge in [-0.3, -0.25) is 4.79 Å². The molecule has 1 heterocycles. The van der Waals surface area contributed by atoms with Crippen molar-refractivity contribution in [2.24, 2.45) is 0 Å². The summed E-state index contributed by atoms with van der Waals surface area (Å²) in [6.45, 7) is 4.84. The van der Waals surface area contributed by atoms with Gasteiger partial charge in [-0.2, -0.15) is 0 Å². The zero-order valence-electron chi connectivity index (χ0n) is 11.8. The molecule has 1 aliphatic heterocycles. The predicted octanol–water partition coefficient (Wildman–Crippen LogP) is 3.00. The highest BCUT2D eigenvalue weighted by atomic mass is 35.5. The van der Waals surface area contributed by atoms with Crippen LogP contribution in [0.5, 0.6) is 5.75 Å². The van der Waals surface area contributed by atoms with Crippen LogP contribution < -0.4 is 10.1 Å². The van der Waals surface area contributed by atoms with Gasteiger partial charge in [0.15, 0.2) is 0 Å². The van der Waals surface area contributed by atoms with Crippen LogP contribution in [0.2, 0.25) is 10.0 Å². The lowest BCUT2D eigenvalue weighted by Gasteiger charge is -2.34. The van der Waals surface area contributed by atoms with Gasteiger partial charge in [0.25, 0.3) is 0 Å². The lowest BCUT2D eigenvalue weighted by Crippen LogP contribution is -2.52. The van der Waals surface area contributed by atoms with E-state index in [-0.39, 0.29) is 24.4 Å². The minimum atomic E-state index is 0. The molecule has 0 aliphatic carbocycles. The van der Waals surface area contributed by atoms with Crippen LogP contribution in [0.4, 0.5) is 0 Å². The van der Waals surface area contributed by atoms with Crippen molar-refractivity contribution in [3.05, 3.63) is 28.2 Å². The van der Waals surface area contributed by atoms with Gasteiger partial charge in [0.05, 0.1) is 23.1 Å². The Labute approximate surface area is 141 Å². The second-order valence-electron chi connectivity index (χ2n) is 4.81. The fourth-order valence-corrected chi connectivity index (χ4v) is 2.47. The second-order valence-corrected chi connectivity index (χ2v) is 5.63. The van der Waals surface area contributed by atoms with Gasteiger partial charge in [0.1, 0.15) is 5.75 Å². The van der Waals surface area contributed by atoms with Gasteiger partial charge in [-0.1, -0.05) is 23.2 Å². The highest BCUT2D eigenvalue weighted by molar-refractivity contribution is 6.42. The summed E-state index contributed by atoms with van der Waals surface area (Å²) >= 11 is 11.7. The SMILES string of the molecule is C[C@H]1CNCCN1C(=O)CCOc1ccc(Cl)c(Cl)c1.Cl. The monoisotopic (exact) mass is 352 g/mol. The van der Waals surface area contributed by atoms with Crippen LogP contribution >= 0.6 is 35.6 Å². The molecule has 7 heteroatoms. The maximum Gasteiger partial charge on any atom is 0.226 e. The molecule has 1 aromatic carbocycles. The third-order valence-electron chi connectivity index (χ3n) is 3.30. The Morgan fingerprint density at radius 3 is 2.86 bits per heavy atom. The summed E-state index contributed by atoms with van der Waals surface area (Å²) in [6.07, 6.45) is 0.366. The number of nitrogens with one attached hydrogen (secondary N) is 1. The molecule has 0 aromatic heterocycles. The molecule has 1 atom stereocenters. The molecule has 1 N–H and O–H groups in total. The first kappa shape index (κ1) is 18.4. The molecule has 0 saturated carbocycles. The number of piperazine rings is 1. The highest BCUT2D eigenvalue weighted by Gasteiger charge is 2.22. The quantitative estimate of drug-likeness (QED) is 0.905. The van der Waals surface area contributed by atoms with E-state index in [0.717, 1.165) is 19.6 Å². The van der Waals surface area contributed by atoms with Gasteiger partial charge in [-0.15, -0.1) is 12.4 Å². The van der Waals surface area contributed by atoms with Crippen LogP contribution in [-0.2, 0) is 4.79 Å². The van der Waals surface area contributed by atoms with Crippen molar-refractivity contribution in [2.75, 3.05) is 26.2 Å². The fourth-order valence-electron chi connectivity index (χ4n) is 2.18. The zero-order valence-corrected chi connectivity index (χ0v) is 14.1. The summed E-state index contributed by atoms with van der Waals surface area (Å²) in [5, 5.41) is 4.20. The first-order valence-electron chi connectivity index (χ1n) is 6.66. The van der Waals surface area contributed by atoms with Crippen molar-refractivity contribution >= 4 is 41.5 Å². The van der Waals surface area contributed by atoms with Crippen molar-refractivity contribution in [2.45, 2.75) is 19.4 Å². The Kier molecular flexibility index (Phi) is 7.60. The molecule has 4 nitrogen and oxygen atoms in total. The maximum absolute atomic E-state index is 12.1. The van der Waals surface area contributed by atoms with Crippen molar-refractivity contribution in [1.82, 2.24) is 10.2 Å². The van der Waals surface area contributed by atoms with Gasteiger partial charge in [0, 0.05) is 31.7 Å². The van der Waals surface area contributed by atoms with Crippen molar-refractivity contribution in [1.29, 1.82) is 0 Å². The average molecular weight is 354 g/mol. The molecular formula is C14H19Cl3N2O2. The number of hydrogen-bond donors (Lipinski definition) is 1. The Morgan fingerprint density at radius 1 is 1.43 bits per heavy atom. The van der Waals surface area contributed by atoms with Crippen molar-refractivity contribution in [3.63, 3.8) is 0 Å². The summed E-state index contributed by atoms with van der Waals surface area (Å²) in [5.41, 5.74) is 0. The van der Waals surface area contributed by atoms with Gasteiger partial charge in [-0.05, 0) is 19.1 Å². The molecular weight excluding hydrogens is 335 g/mol. The van der Waals surface area contributed by atoms with E-state index in [0.29, 0.717) is 28.8 Å². The lowest BCUT2D eigenvalue weighted by atomic mass is 10.2. The van der Waals surface area contributed by atoms with E-state index in [4.69, 9.17) is 27.9 Å². The largest absolute Gasteiger partial charge is 0.493 e. The molecule has 2 rings (SSSR count). The maximum atomic E-state index is 12.1. The molecule has 1 aromatic rings. The number of rotatable bonds is 4. The van der Waals surface area contributed by atoms with Crippen LogP contribution in [0.15, 0.2) is 18.2 Å². The molecule has 118 valence electrons. The Hall–Kier alpha value is -0.680. The molecule has 1 saturated heterocycles. The Bertz CT molecular complexity index is 485. The first-order valence-corrected chi connectivity index (χ1v) is 7.41. The van der Waals surface area contributed by atoms with Crippen LogP contribution in [0.25, 0.3) is 0 Å². The van der Waals surface area contributed by atoms with Gasteiger partial charge in [0.2, 0.25) is 5.91 Å². The minimum Gasteiger partial charge on any atom is -0.493 e. The number of carbonyl (C=O) groups excluding carboxylic acids is 1. The zero-order chi connectivity index (χ0) is 14.5. The normalized spacial score (nSPS) is 18.0. The topological polar surface area (TPSA) is 41.6 Å². The molecule has 0 unspecified atom stereocenters. The number of nitrogens with zero attached hydrogens (tertiary/aromatic N) is 1. The van der Waals surface area contributed by atoms with Crippen LogP contribution in [0.1, 0.15) is 13.3 Å². The second kappa shape index (κ2) is 8.69. The van der Waals surface area contributed by atoms with Gasteiger partial charge >= 0.3 is 0 Å². The Balaban J connectivity index is 0.00000220. The molecule has 1 aliphatic rings. The first-order chi connectivity index (χ1) is 9.58. The number of benzene rings is 1. The van der Waals surface area contributed by atoms with E-state index >= 15 is 0 Å². The van der Waals surface area contributed by atoms with E-state index < -0.39 is 0 Å². The van der Waals surface area contributed by atoms with E-state index in [2.05, 4.69) is 5.32 Å². The summed E-state index contributed by atoms with van der Waals surface area (Å²) < 4.78 is 5.53. The Morgan fingerprint density at radius 2 is 2.19 bits per heavy atom. The fraction of sp³-hybridized carbons (Fsp3) is 0.500. The molecule has 0 radical (unpaired) electrons. The van der Waals surface area contributed by atoms with Gasteiger partial charge < -0.3 is 15.0 Å². The highest BCUT2D eigenvalue weighted by Crippen LogP contribution is 2.26. The predicted molar refractivity (Wildman–Crippen MR) is 87.9 cm³/mol. The number of amides is 1. The molecule has 1 fully saturated rings. The van der Waals surface area contributed by atoms with Crippen LogP contribution in [0, 0.1) is 0 Å². The lowest BCUT2D eigenvalue weighted by molar-refractivity contribution is -0.134. The average Bonchev–Trinajstić information content (AvgIpc) is 2.43. The smallest absolute Gasteiger partial charge is 0.226 e. The third-order valence-corrected chi connectivity index (χ3v) is 4.04. The summed E-state index contributed by atoms with van der Waals surface area (Å²) in [5.74, 6) is 0.750. The van der Waals surface area contributed by atoms with E-state index in [1.165, 1.54) is 0 Å². The standard InChI is InChI=1S/C14H18Cl2N2O2.ClH/c1-10-9-17-5-6-18(10)14(19)4-7-20-11-2-3-12(15)13(16)8-11;/h2-3,8,10,17H,4-7,9H2,1H3;1H/t10-;/m0./s1. The number of halogens is 3. The summed E-state index contributed by atoms with van der Waals surface area (Å²) in [6, 6.07) is 5.31. The number of carbonyl (C=O) groups is 1. The number of ether oxygens (including phenoxy) is 1. The molecule has 0 bridgehead atoms. The third kappa shape index (κ3) is 5.22. The van der Waals surface area contributed by atoms with Crippen LogP contribution in [-0.4, -0.2) is 43.1 Å². The molecule has 1 amide bonds. The van der Waals surface area contributed by atoms with E-state index in [1.807, 2.05) is 11.8 Å². The van der Waals surface area contributed by atoms with Crippen molar-refractivity contribution in [3.8, 4) is 5.75 Å². The summed E-state index contributed by atoms with van der Waals surface area (Å²) in [4.78, 5) is 14.0. The summed E-state index contributed by atoms with van der Waals surface area (Å²) in [7, 11) is 0. The van der Waals surface area contributed by atoms with Gasteiger partial charge in [-0.25, -0.2) is 0 Å².